The normalized spacial score (nSPS) is 10.7. The van der Waals surface area contributed by atoms with Crippen molar-refractivity contribution in [1.82, 2.24) is 25.2 Å². The van der Waals surface area contributed by atoms with E-state index in [1.807, 2.05) is 25.1 Å². The molecular formula is C19H16N6OS. The molecule has 2 aromatic carbocycles. The molecule has 1 N–H and O–H groups in total. The lowest BCUT2D eigenvalue weighted by Gasteiger charge is -2.03. The topological polar surface area (TPSA) is 85.6 Å². The summed E-state index contributed by atoms with van der Waals surface area (Å²) < 4.78 is 1.53. The molecule has 0 unspecified atom stereocenters. The van der Waals surface area contributed by atoms with Gasteiger partial charge < -0.3 is 0 Å². The smallest absolute Gasteiger partial charge is 0.257 e. The predicted octanol–water partition coefficient (Wildman–Crippen LogP) is 3.27. The summed E-state index contributed by atoms with van der Waals surface area (Å²) in [6, 6.07) is 17.3. The van der Waals surface area contributed by atoms with Gasteiger partial charge in [-0.15, -0.1) is 16.4 Å². The Bertz CT molecular complexity index is 1040. The quantitative estimate of drug-likeness (QED) is 0.578. The van der Waals surface area contributed by atoms with E-state index in [4.69, 9.17) is 0 Å². The average Bonchev–Trinajstić information content (AvgIpc) is 3.33. The summed E-state index contributed by atoms with van der Waals surface area (Å²) in [4.78, 5) is 18.1. The van der Waals surface area contributed by atoms with E-state index in [0.717, 1.165) is 22.7 Å². The molecule has 134 valence electrons. The number of aryl methyl sites for hydroxylation is 1. The van der Waals surface area contributed by atoms with Crippen LogP contribution in [0, 0.1) is 6.92 Å². The van der Waals surface area contributed by atoms with E-state index in [1.165, 1.54) is 27.9 Å². The van der Waals surface area contributed by atoms with Crippen LogP contribution in [-0.4, -0.2) is 31.1 Å². The summed E-state index contributed by atoms with van der Waals surface area (Å²) in [5.74, 6) is -0.196. The van der Waals surface area contributed by atoms with E-state index in [2.05, 4.69) is 38.0 Å². The molecule has 2 aromatic heterocycles. The number of rotatable bonds is 5. The maximum atomic E-state index is 12.5. The van der Waals surface area contributed by atoms with Gasteiger partial charge in [0.25, 0.3) is 5.91 Å². The van der Waals surface area contributed by atoms with E-state index in [0.29, 0.717) is 10.7 Å². The van der Waals surface area contributed by atoms with Crippen molar-refractivity contribution in [2.45, 2.75) is 13.3 Å². The number of hydrogen-bond donors (Lipinski definition) is 1. The maximum Gasteiger partial charge on any atom is 0.257 e. The van der Waals surface area contributed by atoms with Gasteiger partial charge in [-0.05, 0) is 47.2 Å². The predicted molar refractivity (Wildman–Crippen MR) is 103 cm³/mol. The molecule has 0 fully saturated rings. The molecule has 7 nitrogen and oxygen atoms in total. The third-order valence-corrected chi connectivity index (χ3v) is 5.14. The van der Waals surface area contributed by atoms with Crippen molar-refractivity contribution in [3.05, 3.63) is 82.6 Å². The van der Waals surface area contributed by atoms with Gasteiger partial charge in [0.15, 0.2) is 5.13 Å². The second-order valence-electron chi connectivity index (χ2n) is 5.95. The van der Waals surface area contributed by atoms with E-state index in [-0.39, 0.29) is 5.91 Å². The van der Waals surface area contributed by atoms with Crippen molar-refractivity contribution in [3.8, 4) is 5.69 Å². The first kappa shape index (κ1) is 17.0. The van der Waals surface area contributed by atoms with E-state index < -0.39 is 0 Å². The number of benzene rings is 2. The summed E-state index contributed by atoms with van der Waals surface area (Å²) in [6.07, 6.45) is 2.31. The molecule has 0 saturated carbocycles. The molecule has 1 amide bonds. The highest BCUT2D eigenvalue weighted by Crippen LogP contribution is 2.25. The lowest BCUT2D eigenvalue weighted by Crippen LogP contribution is -2.11. The van der Waals surface area contributed by atoms with Crippen LogP contribution >= 0.6 is 11.3 Å². The number of nitrogens with one attached hydrogen (secondary N) is 1. The number of nitrogens with zero attached hydrogens (tertiary/aromatic N) is 5. The molecular weight excluding hydrogens is 360 g/mol. The zero-order valence-electron chi connectivity index (χ0n) is 14.5. The van der Waals surface area contributed by atoms with E-state index >= 15 is 0 Å². The lowest BCUT2D eigenvalue weighted by atomic mass is 10.1. The number of aromatic nitrogens is 5. The summed E-state index contributed by atoms with van der Waals surface area (Å²) in [7, 11) is 0. The highest BCUT2D eigenvalue weighted by molar-refractivity contribution is 7.15. The number of tetrazole rings is 1. The van der Waals surface area contributed by atoms with Gasteiger partial charge in [-0.25, -0.2) is 9.67 Å². The zero-order valence-corrected chi connectivity index (χ0v) is 15.3. The van der Waals surface area contributed by atoms with Crippen LogP contribution < -0.4 is 5.32 Å². The zero-order chi connectivity index (χ0) is 18.6. The standard InChI is InChI=1S/C19H16N6OS/c1-13-17(11-14-5-3-2-4-6-14)27-19(21-13)22-18(26)15-7-9-16(10-8-15)25-12-20-23-24-25/h2-10,12H,11H2,1H3,(H,21,22,26). The number of hydrogen-bond acceptors (Lipinski definition) is 6. The minimum atomic E-state index is -0.196. The Kier molecular flexibility index (Phi) is 4.71. The largest absolute Gasteiger partial charge is 0.298 e. The molecule has 4 rings (SSSR count). The van der Waals surface area contributed by atoms with Gasteiger partial charge in [-0.2, -0.15) is 0 Å². The van der Waals surface area contributed by atoms with Crippen molar-refractivity contribution in [1.29, 1.82) is 0 Å². The number of carbonyl (C=O) groups excluding carboxylic acids is 1. The number of carbonyl (C=O) groups is 1. The SMILES string of the molecule is Cc1nc(NC(=O)c2ccc(-n3cnnn3)cc2)sc1Cc1ccccc1. The molecule has 0 aliphatic carbocycles. The molecule has 4 aromatic rings. The molecule has 0 aliphatic heterocycles. The lowest BCUT2D eigenvalue weighted by molar-refractivity contribution is 0.102. The fourth-order valence-corrected chi connectivity index (χ4v) is 3.63. The van der Waals surface area contributed by atoms with Gasteiger partial charge in [0.05, 0.1) is 11.4 Å². The molecule has 0 spiro atoms. The van der Waals surface area contributed by atoms with Gasteiger partial charge in [0.1, 0.15) is 6.33 Å². The third kappa shape index (κ3) is 3.90. The summed E-state index contributed by atoms with van der Waals surface area (Å²) in [5.41, 5.74) is 3.49. The van der Waals surface area contributed by atoms with Gasteiger partial charge in [0, 0.05) is 16.9 Å². The van der Waals surface area contributed by atoms with Crippen molar-refractivity contribution < 1.29 is 4.79 Å². The number of anilines is 1. The fraction of sp³-hybridized carbons (Fsp3) is 0.105. The van der Waals surface area contributed by atoms with Crippen molar-refractivity contribution in [2.75, 3.05) is 5.32 Å². The van der Waals surface area contributed by atoms with Crippen LogP contribution in [0.3, 0.4) is 0 Å². The monoisotopic (exact) mass is 376 g/mol. The number of thiazole rings is 1. The summed E-state index contributed by atoms with van der Waals surface area (Å²) in [5, 5.41) is 14.5. The van der Waals surface area contributed by atoms with Gasteiger partial charge in [0.2, 0.25) is 0 Å². The first-order valence-corrected chi connectivity index (χ1v) is 9.16. The van der Waals surface area contributed by atoms with Gasteiger partial charge in [-0.1, -0.05) is 30.3 Å². The Morgan fingerprint density at radius 3 is 2.59 bits per heavy atom. The second kappa shape index (κ2) is 7.46. The Morgan fingerprint density at radius 1 is 1.11 bits per heavy atom. The Morgan fingerprint density at radius 2 is 1.89 bits per heavy atom. The molecule has 0 aliphatic rings. The van der Waals surface area contributed by atoms with E-state index in [9.17, 15) is 4.79 Å². The first-order chi connectivity index (χ1) is 13.2. The third-order valence-electron chi connectivity index (χ3n) is 4.06. The van der Waals surface area contributed by atoms with Crippen LogP contribution in [0.5, 0.6) is 0 Å². The van der Waals surface area contributed by atoms with Gasteiger partial charge >= 0.3 is 0 Å². The first-order valence-electron chi connectivity index (χ1n) is 8.34. The van der Waals surface area contributed by atoms with Crippen LogP contribution in [0.25, 0.3) is 5.69 Å². The van der Waals surface area contributed by atoms with Crippen LogP contribution in [0.4, 0.5) is 5.13 Å². The molecule has 8 heteroatoms. The molecule has 0 radical (unpaired) electrons. The van der Waals surface area contributed by atoms with Gasteiger partial charge in [-0.3, -0.25) is 10.1 Å². The molecule has 0 atom stereocenters. The highest BCUT2D eigenvalue weighted by Gasteiger charge is 2.12. The minimum Gasteiger partial charge on any atom is -0.298 e. The van der Waals surface area contributed by atoms with Crippen LogP contribution in [0.2, 0.25) is 0 Å². The summed E-state index contributed by atoms with van der Waals surface area (Å²) in [6.45, 7) is 1.96. The Balaban J connectivity index is 1.46. The maximum absolute atomic E-state index is 12.5. The molecule has 0 bridgehead atoms. The Hall–Kier alpha value is -3.39. The van der Waals surface area contributed by atoms with Crippen molar-refractivity contribution >= 4 is 22.4 Å². The minimum absolute atomic E-state index is 0.196. The van der Waals surface area contributed by atoms with Crippen LogP contribution in [-0.2, 0) is 6.42 Å². The number of amides is 1. The average molecular weight is 376 g/mol. The fourth-order valence-electron chi connectivity index (χ4n) is 2.64. The molecule has 2 heterocycles. The van der Waals surface area contributed by atoms with E-state index in [1.54, 1.807) is 24.3 Å². The van der Waals surface area contributed by atoms with Crippen LogP contribution in [0.15, 0.2) is 60.9 Å². The second-order valence-corrected chi connectivity index (χ2v) is 7.03. The van der Waals surface area contributed by atoms with Crippen molar-refractivity contribution in [3.63, 3.8) is 0 Å². The highest BCUT2D eigenvalue weighted by atomic mass is 32.1. The molecule has 0 saturated heterocycles. The Labute approximate surface area is 159 Å². The van der Waals surface area contributed by atoms with Crippen LogP contribution in [0.1, 0.15) is 26.5 Å². The molecule has 27 heavy (non-hydrogen) atoms. The van der Waals surface area contributed by atoms with Crippen molar-refractivity contribution in [2.24, 2.45) is 0 Å². The summed E-state index contributed by atoms with van der Waals surface area (Å²) >= 11 is 1.50.